The highest BCUT2D eigenvalue weighted by Gasteiger charge is 2.51. The Balaban J connectivity index is 4.06. The van der Waals surface area contributed by atoms with Crippen LogP contribution in [0.15, 0.2) is 0 Å². The molecule has 0 fully saturated rings. The minimum atomic E-state index is -3.63. The first-order chi connectivity index (χ1) is 12.8. The van der Waals surface area contributed by atoms with Crippen LogP contribution in [-0.2, 0) is 27.7 Å². The zero-order chi connectivity index (χ0) is 20.5. The lowest BCUT2D eigenvalue weighted by molar-refractivity contribution is -0.147. The summed E-state index contributed by atoms with van der Waals surface area (Å²) in [7, 11) is -3.63. The van der Waals surface area contributed by atoms with Gasteiger partial charge in [-0.1, -0.05) is 77.6 Å². The summed E-state index contributed by atoms with van der Waals surface area (Å²) in [5.41, 5.74) is 0. The molecule has 0 aliphatic rings. The van der Waals surface area contributed by atoms with Crippen LogP contribution in [0.3, 0.4) is 0 Å². The fourth-order valence-corrected chi connectivity index (χ4v) is 5.48. The lowest BCUT2D eigenvalue weighted by Gasteiger charge is -2.26. The van der Waals surface area contributed by atoms with E-state index < -0.39 is 26.7 Å². The molecule has 0 unspecified atom stereocenters. The molecule has 0 atom stereocenters. The van der Waals surface area contributed by atoms with Gasteiger partial charge >= 0.3 is 8.80 Å². The van der Waals surface area contributed by atoms with E-state index in [2.05, 4.69) is 6.92 Å². The van der Waals surface area contributed by atoms with E-state index in [9.17, 15) is 14.4 Å². The molecule has 0 spiro atoms. The van der Waals surface area contributed by atoms with E-state index in [0.717, 1.165) is 19.3 Å². The predicted molar refractivity (Wildman–Crippen MR) is 107 cm³/mol. The Morgan fingerprint density at radius 1 is 0.556 bits per heavy atom. The van der Waals surface area contributed by atoms with Crippen LogP contribution < -0.4 is 0 Å². The first-order valence-electron chi connectivity index (χ1n) is 10.4. The van der Waals surface area contributed by atoms with Crippen molar-refractivity contribution in [2.45, 2.75) is 111 Å². The van der Waals surface area contributed by atoms with Gasteiger partial charge in [0, 0.05) is 20.8 Å². The molecular weight excluding hydrogens is 364 g/mol. The molecule has 0 rings (SSSR count). The normalized spacial score (nSPS) is 11.1. The summed E-state index contributed by atoms with van der Waals surface area (Å²) < 4.78 is 15.5. The van der Waals surface area contributed by atoms with Gasteiger partial charge in [0.15, 0.2) is 0 Å². The van der Waals surface area contributed by atoms with E-state index in [0.29, 0.717) is 6.42 Å². The number of hydrogen-bond donors (Lipinski definition) is 0. The van der Waals surface area contributed by atoms with Crippen LogP contribution >= 0.6 is 0 Å². The van der Waals surface area contributed by atoms with Crippen LogP contribution in [0.1, 0.15) is 105 Å². The molecule has 0 bridgehead atoms. The van der Waals surface area contributed by atoms with E-state index in [1.54, 1.807) is 0 Å². The van der Waals surface area contributed by atoms with Gasteiger partial charge in [0.1, 0.15) is 0 Å². The monoisotopic (exact) mass is 402 g/mol. The van der Waals surface area contributed by atoms with Crippen molar-refractivity contribution < 1.29 is 27.7 Å². The van der Waals surface area contributed by atoms with Crippen molar-refractivity contribution in [3.8, 4) is 0 Å². The van der Waals surface area contributed by atoms with E-state index in [1.165, 1.54) is 72.1 Å². The highest BCUT2D eigenvalue weighted by atomic mass is 28.4. The number of hydrogen-bond acceptors (Lipinski definition) is 6. The van der Waals surface area contributed by atoms with Crippen LogP contribution in [0.5, 0.6) is 0 Å². The summed E-state index contributed by atoms with van der Waals surface area (Å²) in [6.07, 6.45) is 14.3. The van der Waals surface area contributed by atoms with Crippen molar-refractivity contribution in [2.24, 2.45) is 0 Å². The largest absolute Gasteiger partial charge is 0.705 e. The Kier molecular flexibility index (Phi) is 14.9. The number of rotatable bonds is 16. The van der Waals surface area contributed by atoms with Crippen LogP contribution in [0.2, 0.25) is 6.04 Å². The Hall–Kier alpha value is -1.37. The minimum Gasteiger partial charge on any atom is -0.455 e. The van der Waals surface area contributed by atoms with Crippen molar-refractivity contribution in [3.63, 3.8) is 0 Å². The second-order valence-electron chi connectivity index (χ2n) is 7.10. The maximum atomic E-state index is 11.4. The average Bonchev–Trinajstić information content (AvgIpc) is 2.53. The number of unbranched alkanes of at least 4 members (excludes halogenated alkanes) is 11. The molecule has 0 aromatic carbocycles. The molecule has 158 valence electrons. The van der Waals surface area contributed by atoms with E-state index in [-0.39, 0.29) is 6.04 Å². The van der Waals surface area contributed by atoms with E-state index in [4.69, 9.17) is 13.3 Å². The third kappa shape index (κ3) is 15.4. The van der Waals surface area contributed by atoms with Crippen molar-refractivity contribution >= 4 is 26.7 Å². The number of carbonyl (C=O) groups excluding carboxylic acids is 3. The van der Waals surface area contributed by atoms with Gasteiger partial charge in [-0.25, -0.2) is 0 Å². The van der Waals surface area contributed by atoms with Crippen LogP contribution in [0.25, 0.3) is 0 Å². The minimum absolute atomic E-state index is 0.281. The molecule has 0 aromatic rings. The van der Waals surface area contributed by atoms with Crippen molar-refractivity contribution in [3.05, 3.63) is 0 Å². The van der Waals surface area contributed by atoms with Crippen molar-refractivity contribution in [1.29, 1.82) is 0 Å². The van der Waals surface area contributed by atoms with Crippen LogP contribution in [0, 0.1) is 0 Å². The SMILES string of the molecule is CCCCCCCCCCCCCC[Si](OC(C)=O)(OC(C)=O)OC(C)=O. The highest BCUT2D eigenvalue weighted by molar-refractivity contribution is 6.65. The molecular formula is C20H38O6Si. The van der Waals surface area contributed by atoms with E-state index in [1.807, 2.05) is 0 Å². The summed E-state index contributed by atoms with van der Waals surface area (Å²) in [5, 5.41) is 0. The third-order valence-electron chi connectivity index (χ3n) is 4.23. The molecule has 0 saturated heterocycles. The van der Waals surface area contributed by atoms with Gasteiger partial charge in [-0.05, 0) is 6.42 Å². The Labute approximate surface area is 165 Å². The highest BCUT2D eigenvalue weighted by Crippen LogP contribution is 2.22. The lowest BCUT2D eigenvalue weighted by Crippen LogP contribution is -2.49. The first kappa shape index (κ1) is 25.6. The summed E-state index contributed by atoms with van der Waals surface area (Å²) in [6, 6.07) is 0.281. The van der Waals surface area contributed by atoms with Gasteiger partial charge in [-0.15, -0.1) is 0 Å². The smallest absolute Gasteiger partial charge is 0.455 e. The lowest BCUT2D eigenvalue weighted by atomic mass is 10.1. The fourth-order valence-electron chi connectivity index (χ4n) is 3.06. The Morgan fingerprint density at radius 2 is 0.852 bits per heavy atom. The summed E-state index contributed by atoms with van der Waals surface area (Å²) in [5.74, 6) is -1.82. The summed E-state index contributed by atoms with van der Waals surface area (Å²) >= 11 is 0. The Morgan fingerprint density at radius 3 is 1.15 bits per heavy atom. The molecule has 0 amide bonds. The van der Waals surface area contributed by atoms with Gasteiger partial charge in [0.25, 0.3) is 17.9 Å². The van der Waals surface area contributed by atoms with Crippen LogP contribution in [0.4, 0.5) is 0 Å². The molecule has 7 heteroatoms. The molecule has 0 aliphatic carbocycles. The first-order valence-corrected chi connectivity index (χ1v) is 12.3. The standard InChI is InChI=1S/C20H38O6Si/c1-5-6-7-8-9-10-11-12-13-14-15-16-17-27(24-18(2)21,25-19(3)22)26-20(4)23/h5-17H2,1-4H3. The average molecular weight is 403 g/mol. The second-order valence-corrected chi connectivity index (χ2v) is 9.58. The molecule has 0 saturated carbocycles. The summed E-state index contributed by atoms with van der Waals surface area (Å²) in [6.45, 7) is 5.89. The third-order valence-corrected chi connectivity index (χ3v) is 7.00. The zero-order valence-electron chi connectivity index (χ0n) is 17.6. The predicted octanol–water partition coefficient (Wildman–Crippen LogP) is 5.32. The molecule has 27 heavy (non-hydrogen) atoms. The zero-order valence-corrected chi connectivity index (χ0v) is 18.6. The van der Waals surface area contributed by atoms with Gasteiger partial charge in [-0.3, -0.25) is 14.4 Å². The van der Waals surface area contributed by atoms with Crippen LogP contribution in [-0.4, -0.2) is 26.7 Å². The summed E-state index contributed by atoms with van der Waals surface area (Å²) in [4.78, 5) is 34.1. The van der Waals surface area contributed by atoms with Gasteiger partial charge in [0.2, 0.25) is 0 Å². The van der Waals surface area contributed by atoms with E-state index >= 15 is 0 Å². The molecule has 0 aliphatic heterocycles. The van der Waals surface area contributed by atoms with Gasteiger partial charge in [-0.2, -0.15) is 0 Å². The van der Waals surface area contributed by atoms with Crippen molar-refractivity contribution in [2.75, 3.05) is 0 Å². The number of carbonyl (C=O) groups is 3. The molecule has 6 nitrogen and oxygen atoms in total. The molecule has 0 N–H and O–H groups in total. The molecule has 0 aromatic heterocycles. The maximum absolute atomic E-state index is 11.4. The molecule has 0 heterocycles. The van der Waals surface area contributed by atoms with Gasteiger partial charge < -0.3 is 13.3 Å². The fraction of sp³-hybridized carbons (Fsp3) is 0.850. The topological polar surface area (TPSA) is 78.9 Å². The van der Waals surface area contributed by atoms with Gasteiger partial charge in [0.05, 0.1) is 6.04 Å². The van der Waals surface area contributed by atoms with Crippen molar-refractivity contribution in [1.82, 2.24) is 0 Å². The maximum Gasteiger partial charge on any atom is 0.705 e. The Bertz CT molecular complexity index is 397. The quantitative estimate of drug-likeness (QED) is 0.257. The molecule has 0 radical (unpaired) electrons. The second kappa shape index (κ2) is 15.7.